The van der Waals surface area contributed by atoms with Gasteiger partial charge in [0.1, 0.15) is 0 Å². The van der Waals surface area contributed by atoms with Crippen molar-refractivity contribution in [1.29, 1.82) is 0 Å². The summed E-state index contributed by atoms with van der Waals surface area (Å²) in [6, 6.07) is 3.25. The van der Waals surface area contributed by atoms with Gasteiger partial charge < -0.3 is 49.4 Å². The van der Waals surface area contributed by atoms with Gasteiger partial charge in [-0.15, -0.1) is 0 Å². The first-order valence-corrected chi connectivity index (χ1v) is 28.6. The molecule has 20 heteroatoms. The second-order valence-electron chi connectivity index (χ2n) is 9.34. The van der Waals surface area contributed by atoms with Crippen molar-refractivity contribution in [2.24, 2.45) is 0 Å². The molecule has 0 radical (unpaired) electrons. The van der Waals surface area contributed by atoms with E-state index in [1.807, 2.05) is 55.0 Å². The van der Waals surface area contributed by atoms with Crippen LogP contribution in [0.2, 0.25) is 48.9 Å². The molecule has 0 aliphatic carbocycles. The maximum atomic E-state index is 6.97. The van der Waals surface area contributed by atoms with Crippen LogP contribution >= 0.6 is 0 Å². The van der Waals surface area contributed by atoms with Gasteiger partial charge in [0.25, 0.3) is 0 Å². The summed E-state index contributed by atoms with van der Waals surface area (Å²) in [6.07, 6.45) is 0. The van der Waals surface area contributed by atoms with Crippen LogP contribution in [0.1, 0.15) is 48.5 Å². The van der Waals surface area contributed by atoms with Gasteiger partial charge in [-0.3, -0.25) is 0 Å². The summed E-state index contributed by atoms with van der Waals surface area (Å²) in [5.74, 6) is 0. The van der Waals surface area contributed by atoms with Gasteiger partial charge in [-0.2, -0.15) is 0 Å². The first kappa shape index (κ1) is 27.8. The highest BCUT2D eigenvalue weighted by atomic mass is 28.6. The fourth-order valence-electron chi connectivity index (χ4n) is 5.00. The van der Waals surface area contributed by atoms with E-state index in [4.69, 9.17) is 49.4 Å². The van der Waals surface area contributed by atoms with Gasteiger partial charge >= 0.3 is 70.4 Å². The second-order valence-corrected chi connectivity index (χ2v) is 35.4. The molecule has 6 fully saturated rings. The van der Waals surface area contributed by atoms with Crippen molar-refractivity contribution >= 4 is 70.4 Å². The standard InChI is InChI=1S/C15H38O12Si8/c1-9-29-16-28(8)17-30(10-2)21-32(12-4,19-29)25-35(15-7)26-33(13-5,20-29)22-31(11-3,18-28)24-34(14-6,23-30)27-35/h9-15H2,1-8H3. The molecule has 12 nitrogen and oxygen atoms in total. The van der Waals surface area contributed by atoms with Crippen LogP contribution in [0.25, 0.3) is 0 Å². The zero-order chi connectivity index (χ0) is 25.4. The van der Waals surface area contributed by atoms with Crippen molar-refractivity contribution < 1.29 is 49.4 Å². The molecule has 6 saturated heterocycles. The van der Waals surface area contributed by atoms with Gasteiger partial charge in [-0.1, -0.05) is 48.5 Å². The Hall–Kier alpha value is 1.26. The molecule has 0 unspecified atom stereocenters. The Morgan fingerprint density at radius 3 is 0.571 bits per heavy atom. The van der Waals surface area contributed by atoms with Crippen LogP contribution in [0.15, 0.2) is 0 Å². The zero-order valence-corrected chi connectivity index (χ0v) is 29.8. The van der Waals surface area contributed by atoms with Crippen LogP contribution in [0.5, 0.6) is 0 Å². The van der Waals surface area contributed by atoms with E-state index in [0.717, 1.165) is 0 Å². The lowest BCUT2D eigenvalue weighted by Crippen LogP contribution is -2.87. The molecular weight excluding hydrogens is 597 g/mol. The highest BCUT2D eigenvalue weighted by molar-refractivity contribution is 7.03. The van der Waals surface area contributed by atoms with Crippen LogP contribution in [0.3, 0.4) is 0 Å². The van der Waals surface area contributed by atoms with Crippen LogP contribution in [0, 0.1) is 0 Å². The molecule has 6 aliphatic heterocycles. The summed E-state index contributed by atoms with van der Waals surface area (Å²) < 4.78 is 83.2. The smallest absolute Gasteiger partial charge is 0.373 e. The minimum absolute atomic E-state index is 0.462. The van der Waals surface area contributed by atoms with Gasteiger partial charge in [0.15, 0.2) is 0 Å². The van der Waals surface area contributed by atoms with E-state index in [1.165, 1.54) is 0 Å². The molecule has 0 spiro atoms. The van der Waals surface area contributed by atoms with Crippen molar-refractivity contribution in [2.45, 2.75) is 97.3 Å². The van der Waals surface area contributed by atoms with E-state index in [9.17, 15) is 0 Å². The van der Waals surface area contributed by atoms with Crippen LogP contribution in [-0.2, 0) is 49.4 Å². The summed E-state index contributed by atoms with van der Waals surface area (Å²) in [4.78, 5) is 0. The summed E-state index contributed by atoms with van der Waals surface area (Å²) in [7, 11) is -28.1. The van der Waals surface area contributed by atoms with E-state index < -0.39 is 70.4 Å². The van der Waals surface area contributed by atoms with Crippen LogP contribution < -0.4 is 0 Å². The normalized spacial score (nSPS) is 55.2. The third kappa shape index (κ3) is 4.39. The molecule has 0 aromatic heterocycles. The van der Waals surface area contributed by atoms with Gasteiger partial charge in [-0.25, -0.2) is 0 Å². The highest BCUT2D eigenvalue weighted by Gasteiger charge is 2.81. The van der Waals surface area contributed by atoms with Crippen LogP contribution in [0.4, 0.5) is 0 Å². The SMILES string of the molecule is CC[Si]12O[Si]3(C)O[Si]4(CC)O[Si](CC)(O1)O[Si]1(CC)O[Si](CC)(O2)O[Si](CC)(O3)O[Si](CC)(O4)O1. The lowest BCUT2D eigenvalue weighted by atomic mass is 11.0. The molecule has 0 amide bonds. The number of rotatable bonds is 7. The molecule has 35 heavy (non-hydrogen) atoms. The third-order valence-electron chi connectivity index (χ3n) is 6.85. The van der Waals surface area contributed by atoms with Crippen molar-refractivity contribution in [3.8, 4) is 0 Å². The van der Waals surface area contributed by atoms with Crippen molar-refractivity contribution in [3.05, 3.63) is 0 Å². The van der Waals surface area contributed by atoms with E-state index in [-0.39, 0.29) is 0 Å². The Morgan fingerprint density at radius 2 is 0.429 bits per heavy atom. The monoisotopic (exact) mass is 634 g/mol. The topological polar surface area (TPSA) is 111 Å². The molecule has 6 heterocycles. The lowest BCUT2D eigenvalue weighted by molar-refractivity contribution is -0.0271. The Morgan fingerprint density at radius 1 is 0.286 bits per heavy atom. The first-order chi connectivity index (χ1) is 16.4. The molecule has 6 aliphatic rings. The fourth-order valence-corrected chi connectivity index (χ4v) is 54.0. The van der Waals surface area contributed by atoms with Crippen molar-refractivity contribution in [2.75, 3.05) is 0 Å². The molecule has 202 valence electrons. The fraction of sp³-hybridized carbons (Fsp3) is 1.00. The molecule has 0 aromatic rings. The van der Waals surface area contributed by atoms with E-state index in [1.54, 1.807) is 0 Å². The number of hydrogen-bond donors (Lipinski definition) is 0. The molecule has 8 bridgehead atoms. The molecule has 0 saturated carbocycles. The Labute approximate surface area is 216 Å². The number of hydrogen-bond acceptors (Lipinski definition) is 12. The summed E-state index contributed by atoms with van der Waals surface area (Å²) in [5.41, 5.74) is 0. The van der Waals surface area contributed by atoms with Gasteiger partial charge in [-0.05, 0) is 0 Å². The Bertz CT molecular complexity index is 732. The minimum atomic E-state index is -3.52. The maximum Gasteiger partial charge on any atom is 0.478 e. The average Bonchev–Trinajstić information content (AvgIpc) is 2.78. The first-order valence-electron chi connectivity index (χ1n) is 12.8. The lowest BCUT2D eigenvalue weighted by Gasteiger charge is -2.62. The van der Waals surface area contributed by atoms with Gasteiger partial charge in [0.05, 0.1) is 0 Å². The maximum absolute atomic E-state index is 6.97. The Balaban J connectivity index is 1.85. The summed E-state index contributed by atoms with van der Waals surface area (Å²) in [6.45, 7) is 15.7. The molecule has 0 N–H and O–H groups in total. The van der Waals surface area contributed by atoms with E-state index >= 15 is 0 Å². The third-order valence-corrected chi connectivity index (χ3v) is 43.5. The molecule has 0 atom stereocenters. The van der Waals surface area contributed by atoms with Crippen molar-refractivity contribution in [1.82, 2.24) is 0 Å². The predicted molar refractivity (Wildman–Crippen MR) is 138 cm³/mol. The van der Waals surface area contributed by atoms with E-state index in [2.05, 4.69) is 0 Å². The van der Waals surface area contributed by atoms with Gasteiger partial charge in [0.2, 0.25) is 0 Å². The average molecular weight is 635 g/mol. The van der Waals surface area contributed by atoms with E-state index in [0.29, 0.717) is 42.3 Å². The highest BCUT2D eigenvalue weighted by Crippen LogP contribution is 2.52. The second kappa shape index (κ2) is 8.88. The predicted octanol–water partition coefficient (Wildman–Crippen LogP) is 3.53. The zero-order valence-electron chi connectivity index (χ0n) is 21.8. The largest absolute Gasteiger partial charge is 0.478 e. The Kier molecular flexibility index (Phi) is 7.06. The van der Waals surface area contributed by atoms with Crippen molar-refractivity contribution in [3.63, 3.8) is 0 Å². The molecule has 0 aromatic carbocycles. The van der Waals surface area contributed by atoms with Crippen LogP contribution in [-0.4, -0.2) is 70.4 Å². The summed E-state index contributed by atoms with van der Waals surface area (Å²) >= 11 is 0. The molecule has 6 rings (SSSR count). The molecular formula is C15H38O12Si8. The quantitative estimate of drug-likeness (QED) is 0.382. The minimum Gasteiger partial charge on any atom is -0.373 e. The van der Waals surface area contributed by atoms with Gasteiger partial charge in [0, 0.05) is 48.9 Å². The summed E-state index contributed by atoms with van der Waals surface area (Å²) in [5, 5.41) is 0.